The maximum atomic E-state index is 13.0. The van der Waals surface area contributed by atoms with Gasteiger partial charge in [-0.3, -0.25) is 4.98 Å². The lowest BCUT2D eigenvalue weighted by molar-refractivity contribution is 0.184. The molecule has 0 radical (unpaired) electrons. The van der Waals surface area contributed by atoms with E-state index in [0.717, 1.165) is 60.8 Å². The number of rotatable bonds is 3. The Morgan fingerprint density at radius 3 is 2.50 bits per heavy atom. The number of carbonyl (C=O) groups is 1. The van der Waals surface area contributed by atoms with Gasteiger partial charge in [-0.2, -0.15) is 0 Å². The van der Waals surface area contributed by atoms with Gasteiger partial charge in [0.15, 0.2) is 5.82 Å². The van der Waals surface area contributed by atoms with Crippen LogP contribution in [-0.4, -0.2) is 51.6 Å². The normalized spacial score (nSPS) is 19.6. The van der Waals surface area contributed by atoms with E-state index in [1.165, 1.54) is 32.1 Å². The van der Waals surface area contributed by atoms with E-state index >= 15 is 0 Å². The summed E-state index contributed by atoms with van der Waals surface area (Å²) >= 11 is 0. The second-order valence-corrected chi connectivity index (χ2v) is 8.68. The summed E-state index contributed by atoms with van der Waals surface area (Å²) in [4.78, 5) is 31.3. The van der Waals surface area contributed by atoms with Crippen molar-refractivity contribution in [2.45, 2.75) is 64.0 Å². The Labute approximate surface area is 177 Å². The molecule has 158 valence electrons. The largest absolute Gasteiger partial charge is 0.356 e. The van der Waals surface area contributed by atoms with Crippen LogP contribution in [-0.2, 0) is 13.0 Å². The SMILES string of the molecule is O=C(NC1CCCCC1)N1CCc2nc(-c3ccncc3)nc(N3CCCC3)c2C1. The molecule has 2 aliphatic heterocycles. The molecule has 30 heavy (non-hydrogen) atoms. The van der Waals surface area contributed by atoms with Gasteiger partial charge in [0.2, 0.25) is 0 Å². The van der Waals surface area contributed by atoms with E-state index < -0.39 is 0 Å². The second kappa shape index (κ2) is 8.58. The van der Waals surface area contributed by atoms with Gasteiger partial charge in [-0.1, -0.05) is 19.3 Å². The summed E-state index contributed by atoms with van der Waals surface area (Å²) in [6, 6.07) is 4.32. The van der Waals surface area contributed by atoms with E-state index in [9.17, 15) is 4.79 Å². The van der Waals surface area contributed by atoms with E-state index in [1.54, 1.807) is 12.4 Å². The minimum atomic E-state index is 0.0677. The average Bonchev–Trinajstić information content (AvgIpc) is 3.34. The number of fused-ring (bicyclic) bond motifs is 1. The van der Waals surface area contributed by atoms with Crippen molar-refractivity contribution in [3.05, 3.63) is 35.8 Å². The van der Waals surface area contributed by atoms with Crippen LogP contribution in [0.15, 0.2) is 24.5 Å². The molecule has 1 saturated heterocycles. The van der Waals surface area contributed by atoms with Crippen LogP contribution >= 0.6 is 0 Å². The minimum Gasteiger partial charge on any atom is -0.356 e. The first kappa shape index (κ1) is 19.3. The number of nitrogens with zero attached hydrogens (tertiary/aromatic N) is 5. The van der Waals surface area contributed by atoms with Crippen LogP contribution in [0.5, 0.6) is 0 Å². The number of aromatic nitrogens is 3. The fourth-order valence-electron chi connectivity index (χ4n) is 4.90. The Morgan fingerprint density at radius 2 is 1.73 bits per heavy atom. The summed E-state index contributed by atoms with van der Waals surface area (Å²) in [6.07, 6.45) is 12.7. The molecule has 1 aliphatic carbocycles. The van der Waals surface area contributed by atoms with Crippen molar-refractivity contribution in [1.29, 1.82) is 0 Å². The third-order valence-electron chi connectivity index (χ3n) is 6.60. The van der Waals surface area contributed by atoms with Crippen LogP contribution in [0.1, 0.15) is 56.2 Å². The van der Waals surface area contributed by atoms with Crippen LogP contribution in [0.4, 0.5) is 10.6 Å². The molecule has 0 bridgehead atoms. The summed E-state index contributed by atoms with van der Waals surface area (Å²) in [5.41, 5.74) is 3.20. The van der Waals surface area contributed by atoms with Crippen molar-refractivity contribution >= 4 is 11.8 Å². The first-order chi connectivity index (χ1) is 14.8. The summed E-state index contributed by atoms with van der Waals surface area (Å²) in [7, 11) is 0. The molecule has 1 N–H and O–H groups in total. The van der Waals surface area contributed by atoms with Crippen molar-refractivity contribution in [3.63, 3.8) is 0 Å². The van der Waals surface area contributed by atoms with E-state index in [0.29, 0.717) is 19.1 Å². The predicted octanol–water partition coefficient (Wildman–Crippen LogP) is 3.54. The number of hydrogen-bond donors (Lipinski definition) is 1. The lowest BCUT2D eigenvalue weighted by Gasteiger charge is -2.33. The number of nitrogens with one attached hydrogen (secondary N) is 1. The van der Waals surface area contributed by atoms with E-state index in [2.05, 4.69) is 15.2 Å². The monoisotopic (exact) mass is 406 g/mol. The second-order valence-electron chi connectivity index (χ2n) is 8.68. The van der Waals surface area contributed by atoms with Gasteiger partial charge < -0.3 is 15.1 Å². The molecule has 4 heterocycles. The smallest absolute Gasteiger partial charge is 0.317 e. The van der Waals surface area contributed by atoms with E-state index in [1.807, 2.05) is 17.0 Å². The Bertz CT molecular complexity index is 890. The Morgan fingerprint density at radius 1 is 0.967 bits per heavy atom. The molecule has 2 fully saturated rings. The topological polar surface area (TPSA) is 74.2 Å². The molecule has 2 amide bonds. The number of hydrogen-bond acceptors (Lipinski definition) is 5. The van der Waals surface area contributed by atoms with Gasteiger partial charge in [0, 0.05) is 55.6 Å². The molecular formula is C23H30N6O. The van der Waals surface area contributed by atoms with Gasteiger partial charge in [-0.25, -0.2) is 14.8 Å². The molecule has 2 aromatic heterocycles. The first-order valence-electron chi connectivity index (χ1n) is 11.4. The summed E-state index contributed by atoms with van der Waals surface area (Å²) < 4.78 is 0. The van der Waals surface area contributed by atoms with Crippen LogP contribution in [0.25, 0.3) is 11.4 Å². The van der Waals surface area contributed by atoms with Gasteiger partial charge in [0.25, 0.3) is 0 Å². The van der Waals surface area contributed by atoms with Gasteiger partial charge in [-0.15, -0.1) is 0 Å². The average molecular weight is 407 g/mol. The Kier molecular flexibility index (Phi) is 5.51. The minimum absolute atomic E-state index is 0.0677. The molecular weight excluding hydrogens is 376 g/mol. The third kappa shape index (κ3) is 3.98. The molecule has 2 aromatic rings. The molecule has 0 spiro atoms. The molecule has 7 nitrogen and oxygen atoms in total. The van der Waals surface area contributed by atoms with Gasteiger partial charge in [-0.05, 0) is 37.8 Å². The number of amides is 2. The number of carbonyl (C=O) groups excluding carboxylic acids is 1. The maximum absolute atomic E-state index is 13.0. The molecule has 1 saturated carbocycles. The van der Waals surface area contributed by atoms with Gasteiger partial charge in [0.05, 0.1) is 12.2 Å². The molecule has 0 unspecified atom stereocenters. The maximum Gasteiger partial charge on any atom is 0.317 e. The number of anilines is 1. The quantitative estimate of drug-likeness (QED) is 0.844. The lowest BCUT2D eigenvalue weighted by Crippen LogP contribution is -2.47. The molecule has 5 rings (SSSR count). The van der Waals surface area contributed by atoms with Crippen molar-refractivity contribution in [2.24, 2.45) is 0 Å². The Balaban J connectivity index is 1.41. The fourth-order valence-corrected chi connectivity index (χ4v) is 4.90. The summed E-state index contributed by atoms with van der Waals surface area (Å²) in [5.74, 6) is 1.78. The lowest BCUT2D eigenvalue weighted by atomic mass is 9.95. The standard InChI is InChI=1S/C23H30N6O/c30-23(25-18-6-2-1-3-7-18)29-15-10-20-19(16-29)22(28-13-4-5-14-28)27-21(26-20)17-8-11-24-12-9-17/h8-9,11-12,18H,1-7,10,13-16H2,(H,25,30). The van der Waals surface area contributed by atoms with Crippen LogP contribution in [0.3, 0.4) is 0 Å². The highest BCUT2D eigenvalue weighted by Gasteiger charge is 2.29. The highest BCUT2D eigenvalue weighted by atomic mass is 16.2. The number of urea groups is 1. The van der Waals surface area contributed by atoms with Crippen LogP contribution in [0, 0.1) is 0 Å². The van der Waals surface area contributed by atoms with Gasteiger partial charge >= 0.3 is 6.03 Å². The molecule has 7 heteroatoms. The first-order valence-corrected chi connectivity index (χ1v) is 11.4. The zero-order valence-corrected chi connectivity index (χ0v) is 17.5. The van der Waals surface area contributed by atoms with Crippen molar-refractivity contribution in [3.8, 4) is 11.4 Å². The zero-order chi connectivity index (χ0) is 20.3. The van der Waals surface area contributed by atoms with Crippen molar-refractivity contribution in [1.82, 2.24) is 25.2 Å². The predicted molar refractivity (Wildman–Crippen MR) is 116 cm³/mol. The zero-order valence-electron chi connectivity index (χ0n) is 17.5. The Hall–Kier alpha value is -2.70. The van der Waals surface area contributed by atoms with Crippen LogP contribution < -0.4 is 10.2 Å². The fraction of sp³-hybridized carbons (Fsp3) is 0.565. The van der Waals surface area contributed by atoms with Crippen LogP contribution in [0.2, 0.25) is 0 Å². The van der Waals surface area contributed by atoms with Crippen molar-refractivity contribution < 1.29 is 4.79 Å². The summed E-state index contributed by atoms with van der Waals surface area (Å²) in [5, 5.41) is 3.27. The highest BCUT2D eigenvalue weighted by Crippen LogP contribution is 2.31. The molecule has 3 aliphatic rings. The molecule has 0 aromatic carbocycles. The van der Waals surface area contributed by atoms with Crippen molar-refractivity contribution in [2.75, 3.05) is 24.5 Å². The number of pyridine rings is 1. The van der Waals surface area contributed by atoms with E-state index in [-0.39, 0.29) is 6.03 Å². The summed E-state index contributed by atoms with van der Waals surface area (Å²) in [6.45, 7) is 3.34. The third-order valence-corrected chi connectivity index (χ3v) is 6.60. The highest BCUT2D eigenvalue weighted by molar-refractivity contribution is 5.75. The van der Waals surface area contributed by atoms with E-state index in [4.69, 9.17) is 9.97 Å². The van der Waals surface area contributed by atoms with Gasteiger partial charge in [0.1, 0.15) is 5.82 Å². The molecule has 0 atom stereocenters.